The maximum absolute atomic E-state index is 14.9. The molecule has 6 rings (SSSR count). The van der Waals surface area contributed by atoms with Crippen LogP contribution in [0.5, 0.6) is 0 Å². The highest BCUT2D eigenvalue weighted by Crippen LogP contribution is 2.60. The highest BCUT2D eigenvalue weighted by Gasteiger charge is 2.75. The lowest BCUT2D eigenvalue weighted by Crippen LogP contribution is -2.57. The number of esters is 1. The molecule has 0 aliphatic carbocycles. The number of aromatic nitrogens is 3. The van der Waals surface area contributed by atoms with Gasteiger partial charge in [-0.15, -0.1) is 18.3 Å². The van der Waals surface area contributed by atoms with Gasteiger partial charge in [-0.3, -0.25) is 19.2 Å². The topological polar surface area (TPSA) is 156 Å². The number of carbonyl (C=O) groups is 4. The second-order valence-corrected chi connectivity index (χ2v) is 12.9. The van der Waals surface area contributed by atoms with E-state index >= 15 is 0 Å². The molecule has 7 atom stereocenters. The first-order valence-corrected chi connectivity index (χ1v) is 16.7. The number of fused-ring (bicyclic) bond motifs is 2. The second kappa shape index (κ2) is 14.3. The van der Waals surface area contributed by atoms with Crippen LogP contribution < -0.4 is 5.32 Å². The number of nitrogens with zero attached hydrogens (tertiary/aromatic N) is 5. The van der Waals surface area contributed by atoms with Gasteiger partial charge >= 0.3 is 5.97 Å². The quantitative estimate of drug-likeness (QED) is 0.183. The van der Waals surface area contributed by atoms with E-state index in [4.69, 9.17) is 9.47 Å². The van der Waals surface area contributed by atoms with Crippen molar-refractivity contribution in [2.75, 3.05) is 19.7 Å². The number of hydrogen-bond acceptors (Lipinski definition) is 9. The van der Waals surface area contributed by atoms with Crippen molar-refractivity contribution in [3.8, 4) is 0 Å². The fraction of sp³-hybridized carbons (Fsp3) is 0.444. The SMILES string of the molecule is C=CCCC(=O)NC[C@@H](C)OC(=O)[C@@H]1[C@@H]2CC[C@]3(O2)[C@H](C(=O)N(CC=C)Cn2nnc4ccccc42)N([C@H](CO)c2ccccc2)C(=O)[C@@H]13. The number of nitrogens with one attached hydrogen (secondary N) is 1. The summed E-state index contributed by atoms with van der Waals surface area (Å²) in [4.78, 5) is 58.5. The van der Waals surface area contributed by atoms with Crippen LogP contribution in [0, 0.1) is 11.8 Å². The molecular weight excluding hydrogens is 628 g/mol. The predicted molar refractivity (Wildman–Crippen MR) is 178 cm³/mol. The molecule has 13 nitrogen and oxygen atoms in total. The average Bonchev–Trinajstić information content (AvgIpc) is 3.86. The summed E-state index contributed by atoms with van der Waals surface area (Å²) in [7, 11) is 0. The Hall–Kier alpha value is -4.88. The molecule has 2 N–H and O–H groups in total. The Kier molecular flexibility index (Phi) is 9.93. The maximum Gasteiger partial charge on any atom is 0.312 e. The van der Waals surface area contributed by atoms with E-state index in [0.29, 0.717) is 30.3 Å². The molecule has 1 aromatic heterocycles. The lowest BCUT2D eigenvalue weighted by atomic mass is 9.70. The third-order valence-corrected chi connectivity index (χ3v) is 9.80. The molecule has 3 aliphatic rings. The number of ether oxygens (including phenoxy) is 2. The Morgan fingerprint density at radius 1 is 1.16 bits per heavy atom. The molecule has 0 radical (unpaired) electrons. The molecule has 258 valence electrons. The molecule has 0 unspecified atom stereocenters. The van der Waals surface area contributed by atoms with Gasteiger partial charge in [-0.2, -0.15) is 0 Å². The molecule has 3 aliphatic heterocycles. The number of rotatable bonds is 15. The van der Waals surface area contributed by atoms with Crippen LogP contribution in [0.3, 0.4) is 0 Å². The number of aliphatic hydroxyl groups is 1. The summed E-state index contributed by atoms with van der Waals surface area (Å²) in [6.45, 7) is 8.95. The summed E-state index contributed by atoms with van der Waals surface area (Å²) in [6, 6.07) is 14.4. The van der Waals surface area contributed by atoms with Crippen LogP contribution in [0.15, 0.2) is 79.9 Å². The van der Waals surface area contributed by atoms with Gasteiger partial charge in [0.25, 0.3) is 0 Å². The van der Waals surface area contributed by atoms with Crippen molar-refractivity contribution in [1.29, 1.82) is 0 Å². The van der Waals surface area contributed by atoms with E-state index < -0.39 is 66.1 Å². The van der Waals surface area contributed by atoms with Gasteiger partial charge < -0.3 is 29.7 Å². The largest absolute Gasteiger partial charge is 0.460 e. The van der Waals surface area contributed by atoms with E-state index in [2.05, 4.69) is 28.8 Å². The third kappa shape index (κ3) is 6.24. The highest BCUT2D eigenvalue weighted by molar-refractivity contribution is 5.98. The van der Waals surface area contributed by atoms with E-state index in [1.807, 2.05) is 30.3 Å². The Morgan fingerprint density at radius 3 is 2.65 bits per heavy atom. The Bertz CT molecular complexity index is 1730. The number of benzene rings is 2. The number of hydrogen-bond donors (Lipinski definition) is 2. The van der Waals surface area contributed by atoms with Crippen LogP contribution in [0.25, 0.3) is 11.0 Å². The molecule has 0 saturated carbocycles. The summed E-state index contributed by atoms with van der Waals surface area (Å²) in [6.07, 6.45) is 3.55. The summed E-state index contributed by atoms with van der Waals surface area (Å²) in [5.41, 5.74) is 0.694. The van der Waals surface area contributed by atoms with Crippen molar-refractivity contribution in [3.63, 3.8) is 0 Å². The van der Waals surface area contributed by atoms with Crippen molar-refractivity contribution in [1.82, 2.24) is 30.1 Å². The van der Waals surface area contributed by atoms with Crippen molar-refractivity contribution in [2.45, 2.75) is 69.2 Å². The van der Waals surface area contributed by atoms with Gasteiger partial charge in [-0.1, -0.05) is 59.8 Å². The number of amides is 3. The van der Waals surface area contributed by atoms with Gasteiger partial charge in [0.1, 0.15) is 29.9 Å². The third-order valence-electron chi connectivity index (χ3n) is 9.80. The molecular formula is C36H42N6O7. The Balaban J connectivity index is 1.33. The lowest BCUT2D eigenvalue weighted by Gasteiger charge is -2.39. The van der Waals surface area contributed by atoms with Gasteiger partial charge in [0.2, 0.25) is 17.7 Å². The van der Waals surface area contributed by atoms with Gasteiger partial charge in [0.05, 0.1) is 42.6 Å². The molecule has 13 heteroatoms. The van der Waals surface area contributed by atoms with Crippen LogP contribution in [0.2, 0.25) is 0 Å². The highest BCUT2D eigenvalue weighted by atomic mass is 16.6. The average molecular weight is 671 g/mol. The van der Waals surface area contributed by atoms with Crippen molar-refractivity contribution < 1.29 is 33.8 Å². The zero-order valence-electron chi connectivity index (χ0n) is 27.5. The first-order valence-electron chi connectivity index (χ1n) is 16.7. The van der Waals surface area contributed by atoms with Gasteiger partial charge in [-0.25, -0.2) is 4.68 Å². The molecule has 2 aromatic carbocycles. The lowest BCUT2D eigenvalue weighted by molar-refractivity contribution is -0.160. The molecule has 4 heterocycles. The minimum atomic E-state index is -1.34. The van der Waals surface area contributed by atoms with Crippen LogP contribution in [-0.4, -0.2) is 97.1 Å². The summed E-state index contributed by atoms with van der Waals surface area (Å²) >= 11 is 0. The van der Waals surface area contributed by atoms with E-state index in [1.165, 1.54) is 9.80 Å². The summed E-state index contributed by atoms with van der Waals surface area (Å²) < 4.78 is 14.0. The second-order valence-electron chi connectivity index (χ2n) is 12.9. The Labute approximate surface area is 284 Å². The fourth-order valence-electron chi connectivity index (χ4n) is 7.63. The maximum atomic E-state index is 14.9. The van der Waals surface area contributed by atoms with E-state index in [-0.39, 0.29) is 32.1 Å². The number of likely N-dealkylation sites (tertiary alicyclic amines) is 1. The van der Waals surface area contributed by atoms with E-state index in [0.717, 1.165) is 5.52 Å². The first-order chi connectivity index (χ1) is 23.7. The summed E-state index contributed by atoms with van der Waals surface area (Å²) in [5, 5.41) is 22.0. The number of para-hydroxylation sites is 1. The standard InChI is InChI=1S/C36H42N6O7/c1-4-6-16-29(44)37-20-23(3)48-35(47)30-28-17-18-36(49-28)31(30)33(45)42(27(21-43)24-12-8-7-9-13-24)32(36)34(46)40(19-5-2)22-41-26-15-11-10-14-25(26)38-39-41/h4-5,7-15,23,27-28,30-32,43H,1-2,6,16-22H2,3H3,(H,37,44)/t23-,27-,28+,30-,31-,32+,36-/m1/s1. The van der Waals surface area contributed by atoms with Gasteiger partial charge in [0, 0.05) is 13.0 Å². The molecule has 2 bridgehead atoms. The molecule has 3 fully saturated rings. The minimum absolute atomic E-state index is 0.0186. The molecule has 49 heavy (non-hydrogen) atoms. The van der Waals surface area contributed by atoms with Crippen LogP contribution in [0.1, 0.15) is 44.2 Å². The molecule has 1 spiro atoms. The van der Waals surface area contributed by atoms with E-state index in [9.17, 15) is 24.3 Å². The number of allylic oxidation sites excluding steroid dienone is 1. The monoisotopic (exact) mass is 670 g/mol. The minimum Gasteiger partial charge on any atom is -0.460 e. The van der Waals surface area contributed by atoms with Crippen LogP contribution in [0.4, 0.5) is 0 Å². The van der Waals surface area contributed by atoms with E-state index in [1.54, 1.807) is 48.0 Å². The van der Waals surface area contributed by atoms with Crippen molar-refractivity contribution in [2.24, 2.45) is 11.8 Å². The number of aliphatic hydroxyl groups excluding tert-OH is 1. The Morgan fingerprint density at radius 2 is 1.92 bits per heavy atom. The van der Waals surface area contributed by atoms with Crippen molar-refractivity contribution >= 4 is 34.7 Å². The van der Waals surface area contributed by atoms with Gasteiger partial charge in [-0.05, 0) is 43.9 Å². The first kappa shape index (κ1) is 34.0. The number of carbonyl (C=O) groups excluding carboxylic acids is 4. The molecule has 3 saturated heterocycles. The smallest absolute Gasteiger partial charge is 0.312 e. The van der Waals surface area contributed by atoms with Crippen molar-refractivity contribution in [3.05, 3.63) is 85.5 Å². The normalized spacial score (nSPS) is 25.1. The molecule has 3 aromatic rings. The van der Waals surface area contributed by atoms with Crippen LogP contribution in [-0.2, 0) is 35.3 Å². The predicted octanol–water partition coefficient (Wildman–Crippen LogP) is 2.53. The zero-order valence-corrected chi connectivity index (χ0v) is 27.5. The fourth-order valence-corrected chi connectivity index (χ4v) is 7.63. The van der Waals surface area contributed by atoms with Gasteiger partial charge in [0.15, 0.2) is 0 Å². The molecule has 3 amide bonds. The summed E-state index contributed by atoms with van der Waals surface area (Å²) in [5.74, 6) is -3.68. The zero-order chi connectivity index (χ0) is 34.7. The van der Waals surface area contributed by atoms with Crippen LogP contribution >= 0.6 is 0 Å².